The lowest BCUT2D eigenvalue weighted by molar-refractivity contribution is 0.208. The van der Waals surface area contributed by atoms with E-state index in [0.29, 0.717) is 12.8 Å². The number of urea groups is 1. The Morgan fingerprint density at radius 3 is 2.65 bits per heavy atom. The molecule has 1 heterocycles. The molecule has 124 valence electrons. The van der Waals surface area contributed by atoms with Crippen molar-refractivity contribution in [1.29, 1.82) is 0 Å². The number of carbonyl (C=O) groups is 1. The average Bonchev–Trinajstić information content (AvgIpc) is 3.04. The molecule has 0 aliphatic rings. The second-order valence-corrected chi connectivity index (χ2v) is 5.72. The number of aromatic nitrogens is 1. The number of halogens is 1. The standard InChI is InChI=1S/C17H22FN3O2/c1-3-17(2,8-11-22)20-16(23)19-15-12-13(6-7-14(15)18)21-9-4-5-10-21/h4-7,9-10,12,22H,3,8,11H2,1-2H3,(H2,19,20,23). The number of hydrogen-bond donors (Lipinski definition) is 3. The Morgan fingerprint density at radius 1 is 1.35 bits per heavy atom. The summed E-state index contributed by atoms with van der Waals surface area (Å²) in [5, 5.41) is 14.4. The molecule has 0 bridgehead atoms. The molecule has 1 atom stereocenters. The average molecular weight is 319 g/mol. The van der Waals surface area contributed by atoms with Crippen molar-refractivity contribution in [2.75, 3.05) is 11.9 Å². The van der Waals surface area contributed by atoms with E-state index in [1.54, 1.807) is 12.1 Å². The molecule has 23 heavy (non-hydrogen) atoms. The van der Waals surface area contributed by atoms with Gasteiger partial charge in [0.15, 0.2) is 0 Å². The van der Waals surface area contributed by atoms with Crippen molar-refractivity contribution in [3.8, 4) is 5.69 Å². The highest BCUT2D eigenvalue weighted by Gasteiger charge is 2.24. The Kier molecular flexibility index (Phi) is 5.39. The van der Waals surface area contributed by atoms with Gasteiger partial charge in [-0.25, -0.2) is 9.18 Å². The monoisotopic (exact) mass is 319 g/mol. The Balaban J connectivity index is 2.13. The topological polar surface area (TPSA) is 66.3 Å². The van der Waals surface area contributed by atoms with Gasteiger partial charge in [0, 0.05) is 30.2 Å². The fourth-order valence-corrected chi connectivity index (χ4v) is 2.28. The van der Waals surface area contributed by atoms with E-state index in [-0.39, 0.29) is 12.3 Å². The molecule has 0 aliphatic carbocycles. The van der Waals surface area contributed by atoms with E-state index in [0.717, 1.165) is 5.69 Å². The molecule has 2 aromatic rings. The summed E-state index contributed by atoms with van der Waals surface area (Å²) in [6.45, 7) is 3.74. The number of aliphatic hydroxyl groups is 1. The maximum Gasteiger partial charge on any atom is 0.319 e. The van der Waals surface area contributed by atoms with Crippen molar-refractivity contribution in [1.82, 2.24) is 9.88 Å². The first-order valence-electron chi connectivity index (χ1n) is 7.60. The number of nitrogens with zero attached hydrogens (tertiary/aromatic N) is 1. The summed E-state index contributed by atoms with van der Waals surface area (Å²) >= 11 is 0. The zero-order chi connectivity index (χ0) is 16.9. The summed E-state index contributed by atoms with van der Waals surface area (Å²) in [4.78, 5) is 12.1. The van der Waals surface area contributed by atoms with Gasteiger partial charge in [-0.2, -0.15) is 0 Å². The summed E-state index contributed by atoms with van der Waals surface area (Å²) < 4.78 is 15.8. The van der Waals surface area contributed by atoms with Crippen molar-refractivity contribution in [3.63, 3.8) is 0 Å². The summed E-state index contributed by atoms with van der Waals surface area (Å²) in [5.41, 5.74) is 0.323. The third-order valence-corrected chi connectivity index (χ3v) is 3.96. The molecule has 1 aromatic carbocycles. The molecule has 0 saturated heterocycles. The van der Waals surface area contributed by atoms with Gasteiger partial charge in [0.2, 0.25) is 0 Å². The van der Waals surface area contributed by atoms with Crippen LogP contribution in [0.1, 0.15) is 26.7 Å². The van der Waals surface area contributed by atoms with Crippen LogP contribution in [0.2, 0.25) is 0 Å². The van der Waals surface area contributed by atoms with Gasteiger partial charge >= 0.3 is 6.03 Å². The molecule has 2 amide bonds. The van der Waals surface area contributed by atoms with Crippen LogP contribution in [0.3, 0.4) is 0 Å². The summed E-state index contributed by atoms with van der Waals surface area (Å²) in [6, 6.07) is 7.77. The highest BCUT2D eigenvalue weighted by atomic mass is 19.1. The molecular weight excluding hydrogens is 297 g/mol. The highest BCUT2D eigenvalue weighted by Crippen LogP contribution is 2.20. The van der Waals surface area contributed by atoms with Crippen molar-refractivity contribution >= 4 is 11.7 Å². The number of amides is 2. The van der Waals surface area contributed by atoms with Crippen LogP contribution in [0, 0.1) is 5.82 Å². The third kappa shape index (κ3) is 4.32. The second kappa shape index (κ2) is 7.28. The van der Waals surface area contributed by atoms with Crippen molar-refractivity contribution < 1.29 is 14.3 Å². The minimum Gasteiger partial charge on any atom is -0.396 e. The van der Waals surface area contributed by atoms with Crippen LogP contribution in [0.15, 0.2) is 42.7 Å². The Bertz CT molecular complexity index is 658. The van der Waals surface area contributed by atoms with Crippen LogP contribution in [0.25, 0.3) is 5.69 Å². The van der Waals surface area contributed by atoms with Crippen LogP contribution < -0.4 is 10.6 Å². The normalized spacial score (nSPS) is 13.4. The largest absolute Gasteiger partial charge is 0.396 e. The van der Waals surface area contributed by atoms with Gasteiger partial charge in [-0.1, -0.05) is 6.92 Å². The lowest BCUT2D eigenvalue weighted by Gasteiger charge is -2.29. The van der Waals surface area contributed by atoms with E-state index < -0.39 is 17.4 Å². The lowest BCUT2D eigenvalue weighted by Crippen LogP contribution is -2.48. The van der Waals surface area contributed by atoms with E-state index in [2.05, 4.69) is 10.6 Å². The summed E-state index contributed by atoms with van der Waals surface area (Å²) in [7, 11) is 0. The molecule has 6 heteroatoms. The lowest BCUT2D eigenvalue weighted by atomic mass is 9.95. The van der Waals surface area contributed by atoms with Gasteiger partial charge < -0.3 is 20.3 Å². The maximum atomic E-state index is 13.9. The van der Waals surface area contributed by atoms with Gasteiger partial charge in [-0.15, -0.1) is 0 Å². The Morgan fingerprint density at radius 2 is 2.04 bits per heavy atom. The van der Waals surface area contributed by atoms with Gasteiger partial charge in [0.1, 0.15) is 5.82 Å². The first kappa shape index (κ1) is 17.0. The molecule has 0 spiro atoms. The zero-order valence-electron chi connectivity index (χ0n) is 13.3. The van der Waals surface area contributed by atoms with Crippen LogP contribution in [-0.2, 0) is 0 Å². The van der Waals surface area contributed by atoms with E-state index >= 15 is 0 Å². The molecule has 0 aliphatic heterocycles. The molecule has 0 saturated carbocycles. The van der Waals surface area contributed by atoms with Crippen molar-refractivity contribution in [3.05, 3.63) is 48.5 Å². The van der Waals surface area contributed by atoms with Gasteiger partial charge in [-0.3, -0.25) is 0 Å². The molecule has 0 fully saturated rings. The maximum absolute atomic E-state index is 13.9. The zero-order valence-corrected chi connectivity index (χ0v) is 13.3. The number of aliphatic hydroxyl groups excluding tert-OH is 1. The van der Waals surface area contributed by atoms with Gasteiger partial charge in [0.05, 0.1) is 5.69 Å². The fraction of sp³-hybridized carbons (Fsp3) is 0.353. The first-order chi connectivity index (χ1) is 11.0. The molecule has 3 N–H and O–H groups in total. The highest BCUT2D eigenvalue weighted by molar-refractivity contribution is 5.90. The van der Waals surface area contributed by atoms with Crippen molar-refractivity contribution in [2.24, 2.45) is 0 Å². The Labute approximate surface area is 135 Å². The van der Waals surface area contributed by atoms with Gasteiger partial charge in [-0.05, 0) is 50.1 Å². The Hall–Kier alpha value is -2.34. The molecule has 5 nitrogen and oxygen atoms in total. The summed E-state index contributed by atoms with van der Waals surface area (Å²) in [6.07, 6.45) is 4.77. The molecule has 0 radical (unpaired) electrons. The van der Waals surface area contributed by atoms with Crippen LogP contribution in [0.4, 0.5) is 14.9 Å². The number of anilines is 1. The smallest absolute Gasteiger partial charge is 0.319 e. The molecular formula is C17H22FN3O2. The van der Waals surface area contributed by atoms with Crippen LogP contribution in [0.5, 0.6) is 0 Å². The minimum absolute atomic E-state index is 0.0257. The van der Waals surface area contributed by atoms with Crippen LogP contribution >= 0.6 is 0 Å². The minimum atomic E-state index is -0.534. The number of rotatable bonds is 6. The van der Waals surface area contributed by atoms with Crippen molar-refractivity contribution in [2.45, 2.75) is 32.2 Å². The van der Waals surface area contributed by atoms with E-state index in [1.165, 1.54) is 6.07 Å². The number of benzene rings is 1. The number of hydrogen-bond acceptors (Lipinski definition) is 2. The first-order valence-corrected chi connectivity index (χ1v) is 7.60. The quantitative estimate of drug-likeness (QED) is 0.765. The SMILES string of the molecule is CCC(C)(CCO)NC(=O)Nc1cc(-n2cccc2)ccc1F. The predicted molar refractivity (Wildman–Crippen MR) is 88.3 cm³/mol. The van der Waals surface area contributed by atoms with E-state index in [4.69, 9.17) is 5.11 Å². The predicted octanol–water partition coefficient (Wildman–Crippen LogP) is 3.29. The molecule has 1 aromatic heterocycles. The van der Waals surface area contributed by atoms with Crippen LogP contribution in [-0.4, -0.2) is 27.9 Å². The fourth-order valence-electron chi connectivity index (χ4n) is 2.28. The second-order valence-electron chi connectivity index (χ2n) is 5.72. The third-order valence-electron chi connectivity index (χ3n) is 3.96. The van der Waals surface area contributed by atoms with E-state index in [1.807, 2.05) is 42.9 Å². The molecule has 2 rings (SSSR count). The molecule has 1 unspecified atom stereocenters. The summed E-state index contributed by atoms with van der Waals surface area (Å²) in [5.74, 6) is -0.503. The van der Waals surface area contributed by atoms with Gasteiger partial charge in [0.25, 0.3) is 0 Å². The number of nitrogens with one attached hydrogen (secondary N) is 2. The van der Waals surface area contributed by atoms with E-state index in [9.17, 15) is 9.18 Å². The number of carbonyl (C=O) groups excluding carboxylic acids is 1.